The largest absolute Gasteiger partial charge is 0.344 e. The Balaban J connectivity index is 1.80. The summed E-state index contributed by atoms with van der Waals surface area (Å²) in [6.45, 7) is 4.06. The maximum absolute atomic E-state index is 12.0. The zero-order valence-electron chi connectivity index (χ0n) is 12.2. The third-order valence-electron chi connectivity index (χ3n) is 3.65. The Morgan fingerprint density at radius 3 is 2.62 bits per heavy atom. The van der Waals surface area contributed by atoms with Crippen LogP contribution in [0.15, 0.2) is 34.9 Å². The molecule has 0 saturated heterocycles. The first-order chi connectivity index (χ1) is 10.1. The zero-order chi connectivity index (χ0) is 14.8. The summed E-state index contributed by atoms with van der Waals surface area (Å²) in [4.78, 5) is 16.4. The molecule has 5 nitrogen and oxygen atoms in total. The van der Waals surface area contributed by atoms with Gasteiger partial charge in [0, 0.05) is 11.5 Å². The number of amides is 1. The van der Waals surface area contributed by atoms with Gasteiger partial charge in [-0.1, -0.05) is 49.3 Å². The molecule has 1 heterocycles. The van der Waals surface area contributed by atoms with Gasteiger partial charge in [0.1, 0.15) is 6.04 Å². The van der Waals surface area contributed by atoms with E-state index in [0.29, 0.717) is 11.7 Å². The van der Waals surface area contributed by atoms with Crippen molar-refractivity contribution in [3.63, 3.8) is 0 Å². The van der Waals surface area contributed by atoms with Crippen molar-refractivity contribution in [2.75, 3.05) is 0 Å². The van der Waals surface area contributed by atoms with Crippen molar-refractivity contribution in [2.24, 2.45) is 11.8 Å². The summed E-state index contributed by atoms with van der Waals surface area (Å²) in [7, 11) is 0. The Morgan fingerprint density at radius 1 is 1.29 bits per heavy atom. The van der Waals surface area contributed by atoms with Gasteiger partial charge in [-0.2, -0.15) is 4.98 Å². The minimum Gasteiger partial charge on any atom is -0.344 e. The molecule has 1 fully saturated rings. The van der Waals surface area contributed by atoms with Gasteiger partial charge in [0.2, 0.25) is 17.6 Å². The fraction of sp³-hybridized carbons (Fsp3) is 0.438. The molecule has 0 unspecified atom stereocenters. The quantitative estimate of drug-likeness (QED) is 0.917. The highest BCUT2D eigenvalue weighted by atomic mass is 16.5. The van der Waals surface area contributed by atoms with Gasteiger partial charge < -0.3 is 9.84 Å². The Hall–Kier alpha value is -2.17. The van der Waals surface area contributed by atoms with Crippen LogP contribution in [-0.4, -0.2) is 16.0 Å². The molecule has 0 bridgehead atoms. The summed E-state index contributed by atoms with van der Waals surface area (Å²) in [6.07, 6.45) is 1.96. The number of aromatic nitrogens is 2. The molecule has 110 valence electrons. The molecular formula is C16H19N3O2. The SMILES string of the molecule is CC(C)[C@H](NC(=O)C1CC1)c1nc(-c2ccccc2)no1. The van der Waals surface area contributed by atoms with Crippen LogP contribution in [0, 0.1) is 11.8 Å². The van der Waals surface area contributed by atoms with Gasteiger partial charge in [0.05, 0.1) is 0 Å². The first kappa shape index (κ1) is 13.8. The van der Waals surface area contributed by atoms with Gasteiger partial charge in [0.25, 0.3) is 0 Å². The van der Waals surface area contributed by atoms with Gasteiger partial charge in [-0.3, -0.25) is 4.79 Å². The number of carbonyl (C=O) groups is 1. The van der Waals surface area contributed by atoms with E-state index in [1.165, 1.54) is 0 Å². The number of nitrogens with zero attached hydrogens (tertiary/aromatic N) is 2. The molecule has 0 aliphatic heterocycles. The Labute approximate surface area is 123 Å². The molecule has 1 saturated carbocycles. The Kier molecular flexibility index (Phi) is 3.73. The Morgan fingerprint density at radius 2 is 2.00 bits per heavy atom. The maximum Gasteiger partial charge on any atom is 0.249 e. The fourth-order valence-electron chi connectivity index (χ4n) is 2.20. The van der Waals surface area contributed by atoms with Crippen LogP contribution in [0.25, 0.3) is 11.4 Å². The molecule has 1 aromatic carbocycles. The second kappa shape index (κ2) is 5.68. The predicted octanol–water partition coefficient (Wildman–Crippen LogP) is 2.96. The van der Waals surface area contributed by atoms with Crippen LogP contribution in [0.2, 0.25) is 0 Å². The standard InChI is InChI=1S/C16H19N3O2/c1-10(2)13(17-15(20)12-8-9-12)16-18-14(19-21-16)11-6-4-3-5-7-11/h3-7,10,12-13H,8-9H2,1-2H3,(H,17,20)/t13-/m0/s1. The Bertz CT molecular complexity index is 617. The molecule has 0 spiro atoms. The summed E-state index contributed by atoms with van der Waals surface area (Å²) in [5, 5.41) is 7.04. The molecule has 0 radical (unpaired) electrons. The molecule has 1 amide bonds. The van der Waals surface area contributed by atoms with E-state index < -0.39 is 0 Å². The first-order valence-corrected chi connectivity index (χ1v) is 7.34. The minimum absolute atomic E-state index is 0.0909. The average Bonchev–Trinajstić information content (AvgIpc) is 3.23. The van der Waals surface area contributed by atoms with Gasteiger partial charge in [-0.25, -0.2) is 0 Å². The van der Waals surface area contributed by atoms with Crippen molar-refractivity contribution < 1.29 is 9.32 Å². The van der Waals surface area contributed by atoms with Crippen molar-refractivity contribution in [3.05, 3.63) is 36.2 Å². The van der Waals surface area contributed by atoms with E-state index in [1.807, 2.05) is 44.2 Å². The molecule has 1 N–H and O–H groups in total. The summed E-state index contributed by atoms with van der Waals surface area (Å²) in [5.41, 5.74) is 0.906. The highest BCUT2D eigenvalue weighted by molar-refractivity contribution is 5.81. The van der Waals surface area contributed by atoms with E-state index in [2.05, 4.69) is 15.5 Å². The normalized spacial score (nSPS) is 16.0. The second-order valence-corrected chi connectivity index (χ2v) is 5.83. The highest BCUT2D eigenvalue weighted by Gasteiger charge is 2.33. The number of hydrogen-bond donors (Lipinski definition) is 1. The number of hydrogen-bond acceptors (Lipinski definition) is 4. The number of rotatable bonds is 5. The van der Waals surface area contributed by atoms with Crippen molar-refractivity contribution in [1.29, 1.82) is 0 Å². The van der Waals surface area contributed by atoms with Crippen LogP contribution in [0.3, 0.4) is 0 Å². The lowest BCUT2D eigenvalue weighted by atomic mass is 10.0. The van der Waals surface area contributed by atoms with Crippen molar-refractivity contribution in [1.82, 2.24) is 15.5 Å². The molecule has 1 atom stereocenters. The van der Waals surface area contributed by atoms with Crippen molar-refractivity contribution in [3.8, 4) is 11.4 Å². The van der Waals surface area contributed by atoms with E-state index in [-0.39, 0.29) is 23.8 Å². The van der Waals surface area contributed by atoms with Crippen LogP contribution >= 0.6 is 0 Å². The number of nitrogens with one attached hydrogen (secondary N) is 1. The van der Waals surface area contributed by atoms with Gasteiger partial charge in [0.15, 0.2) is 0 Å². The first-order valence-electron chi connectivity index (χ1n) is 7.34. The monoisotopic (exact) mass is 285 g/mol. The molecule has 1 aliphatic rings. The van der Waals surface area contributed by atoms with Crippen LogP contribution < -0.4 is 5.32 Å². The molecule has 21 heavy (non-hydrogen) atoms. The fourth-order valence-corrected chi connectivity index (χ4v) is 2.20. The van der Waals surface area contributed by atoms with E-state index in [1.54, 1.807) is 0 Å². The van der Waals surface area contributed by atoms with Crippen LogP contribution in [0.4, 0.5) is 0 Å². The van der Waals surface area contributed by atoms with Crippen LogP contribution in [0.1, 0.15) is 38.6 Å². The number of carbonyl (C=O) groups excluding carboxylic acids is 1. The lowest BCUT2D eigenvalue weighted by molar-refractivity contribution is -0.123. The lowest BCUT2D eigenvalue weighted by Crippen LogP contribution is -2.33. The summed E-state index contributed by atoms with van der Waals surface area (Å²) < 4.78 is 5.37. The van der Waals surface area contributed by atoms with Gasteiger partial charge in [-0.15, -0.1) is 0 Å². The van der Waals surface area contributed by atoms with E-state index in [9.17, 15) is 4.79 Å². The molecule has 3 rings (SSSR count). The topological polar surface area (TPSA) is 68.0 Å². The third kappa shape index (κ3) is 3.12. The lowest BCUT2D eigenvalue weighted by Gasteiger charge is -2.18. The molecule has 2 aromatic rings. The maximum atomic E-state index is 12.0. The molecule has 1 aromatic heterocycles. The smallest absolute Gasteiger partial charge is 0.249 e. The number of benzene rings is 1. The van der Waals surface area contributed by atoms with Crippen molar-refractivity contribution >= 4 is 5.91 Å². The van der Waals surface area contributed by atoms with E-state index in [4.69, 9.17) is 4.52 Å². The molecule has 1 aliphatic carbocycles. The average molecular weight is 285 g/mol. The third-order valence-corrected chi connectivity index (χ3v) is 3.65. The summed E-state index contributed by atoms with van der Waals surface area (Å²) in [6, 6.07) is 9.43. The summed E-state index contributed by atoms with van der Waals surface area (Å²) >= 11 is 0. The van der Waals surface area contributed by atoms with E-state index in [0.717, 1.165) is 18.4 Å². The molecule has 5 heteroatoms. The summed E-state index contributed by atoms with van der Waals surface area (Å²) in [5.74, 6) is 1.47. The minimum atomic E-state index is -0.233. The van der Waals surface area contributed by atoms with Gasteiger partial charge >= 0.3 is 0 Å². The van der Waals surface area contributed by atoms with Crippen LogP contribution in [0.5, 0.6) is 0 Å². The molecular weight excluding hydrogens is 266 g/mol. The predicted molar refractivity (Wildman–Crippen MR) is 78.2 cm³/mol. The van der Waals surface area contributed by atoms with Crippen molar-refractivity contribution in [2.45, 2.75) is 32.7 Å². The zero-order valence-corrected chi connectivity index (χ0v) is 12.2. The van der Waals surface area contributed by atoms with Crippen LogP contribution in [-0.2, 0) is 4.79 Å². The van der Waals surface area contributed by atoms with E-state index >= 15 is 0 Å². The second-order valence-electron chi connectivity index (χ2n) is 5.83. The van der Waals surface area contributed by atoms with Gasteiger partial charge in [-0.05, 0) is 18.8 Å². The highest BCUT2D eigenvalue weighted by Crippen LogP contribution is 2.31.